The minimum Gasteiger partial charge on any atom is -0.497 e. The van der Waals surface area contributed by atoms with Gasteiger partial charge in [0.05, 0.1) is 24.2 Å². The zero-order valence-electron chi connectivity index (χ0n) is 23.1. The van der Waals surface area contributed by atoms with Gasteiger partial charge in [-0.1, -0.05) is 74.0 Å². The first-order valence-electron chi connectivity index (χ1n) is 14.2. The molecule has 0 saturated carbocycles. The molecule has 0 saturated heterocycles. The maximum absolute atomic E-state index is 6.75. The minimum atomic E-state index is -0.228. The van der Waals surface area contributed by atoms with Gasteiger partial charge in [-0.05, 0) is 53.8 Å². The van der Waals surface area contributed by atoms with Gasteiger partial charge in [-0.25, -0.2) is 4.68 Å². The van der Waals surface area contributed by atoms with Gasteiger partial charge in [-0.15, -0.1) is 5.10 Å². The molecule has 7 rings (SSSR count). The molecule has 1 aromatic heterocycles. The van der Waals surface area contributed by atoms with Gasteiger partial charge in [0.2, 0.25) is 0 Å². The van der Waals surface area contributed by atoms with Gasteiger partial charge in [0.15, 0.2) is 17.6 Å². The van der Waals surface area contributed by atoms with Gasteiger partial charge in [-0.3, -0.25) is 0 Å². The maximum Gasteiger partial charge on any atom is 0.166 e. The van der Waals surface area contributed by atoms with E-state index in [1.54, 1.807) is 7.11 Å². The number of ether oxygens (including phenoxy) is 3. The van der Waals surface area contributed by atoms with Gasteiger partial charge < -0.3 is 19.5 Å². The van der Waals surface area contributed by atoms with Crippen molar-refractivity contribution in [3.05, 3.63) is 101 Å². The first kappa shape index (κ1) is 24.9. The van der Waals surface area contributed by atoms with E-state index in [1.807, 2.05) is 41.1 Å². The lowest BCUT2D eigenvalue weighted by Crippen LogP contribution is -2.43. The summed E-state index contributed by atoms with van der Waals surface area (Å²) in [5.74, 6) is 2.99. The van der Waals surface area contributed by atoms with Gasteiger partial charge in [0, 0.05) is 17.7 Å². The van der Waals surface area contributed by atoms with Crippen molar-refractivity contribution in [2.24, 2.45) is 5.92 Å². The van der Waals surface area contributed by atoms with Crippen LogP contribution in [0.4, 0.5) is 0 Å². The summed E-state index contributed by atoms with van der Waals surface area (Å²) in [5.41, 5.74) is 7.67. The number of rotatable bonds is 9. The van der Waals surface area contributed by atoms with E-state index in [-0.39, 0.29) is 18.1 Å². The molecule has 7 heteroatoms. The van der Waals surface area contributed by atoms with Gasteiger partial charge in [0.1, 0.15) is 17.9 Å². The Labute approximate surface area is 234 Å². The van der Waals surface area contributed by atoms with Crippen LogP contribution in [0.5, 0.6) is 11.5 Å². The Kier molecular flexibility index (Phi) is 6.31. The topological polar surface area (TPSA) is 70.4 Å². The number of hydrogen-bond donors (Lipinski definition) is 1. The lowest BCUT2D eigenvalue weighted by atomic mass is 9.71. The van der Waals surface area contributed by atoms with E-state index in [2.05, 4.69) is 65.9 Å². The monoisotopic (exact) mass is 534 g/mol. The van der Waals surface area contributed by atoms with Crippen molar-refractivity contribution >= 4 is 11.0 Å². The second kappa shape index (κ2) is 10.1. The molecular formula is C33H34N4O3. The second-order valence-corrected chi connectivity index (χ2v) is 11.0. The van der Waals surface area contributed by atoms with Crippen molar-refractivity contribution in [3.63, 3.8) is 0 Å². The molecule has 2 aliphatic carbocycles. The number of benzene rings is 3. The van der Waals surface area contributed by atoms with Crippen LogP contribution in [0.2, 0.25) is 0 Å². The van der Waals surface area contributed by atoms with Crippen LogP contribution in [0.1, 0.15) is 42.9 Å². The first-order chi connectivity index (χ1) is 19.7. The van der Waals surface area contributed by atoms with Crippen LogP contribution >= 0.6 is 0 Å². The Balaban J connectivity index is 1.40. The fourth-order valence-corrected chi connectivity index (χ4v) is 6.23. The Morgan fingerprint density at radius 1 is 1.10 bits per heavy atom. The molecule has 4 aromatic rings. The van der Waals surface area contributed by atoms with Crippen molar-refractivity contribution in [3.8, 4) is 17.2 Å². The lowest BCUT2D eigenvalue weighted by molar-refractivity contribution is 0.145. The van der Waals surface area contributed by atoms with Gasteiger partial charge in [-0.2, -0.15) is 0 Å². The van der Waals surface area contributed by atoms with E-state index in [4.69, 9.17) is 14.2 Å². The third kappa shape index (κ3) is 4.07. The van der Waals surface area contributed by atoms with Crippen molar-refractivity contribution < 1.29 is 14.2 Å². The Hall–Kier alpha value is -4.10. The van der Waals surface area contributed by atoms with Crippen molar-refractivity contribution in [2.75, 3.05) is 13.7 Å². The summed E-state index contributed by atoms with van der Waals surface area (Å²) in [6.45, 7) is 5.94. The smallest absolute Gasteiger partial charge is 0.166 e. The van der Waals surface area contributed by atoms with Crippen LogP contribution in [0.15, 0.2) is 84.1 Å². The molecule has 0 bridgehead atoms. The summed E-state index contributed by atoms with van der Waals surface area (Å²) in [4.78, 5) is 0. The van der Waals surface area contributed by atoms with E-state index in [1.165, 1.54) is 16.7 Å². The minimum absolute atomic E-state index is 0.0435. The number of para-hydroxylation sites is 1. The molecule has 204 valence electrons. The summed E-state index contributed by atoms with van der Waals surface area (Å²) in [5, 5.41) is 13.0. The van der Waals surface area contributed by atoms with Crippen LogP contribution in [0.25, 0.3) is 16.7 Å². The summed E-state index contributed by atoms with van der Waals surface area (Å²) in [6, 6.07) is 20.6. The van der Waals surface area contributed by atoms with Crippen LogP contribution in [0.3, 0.4) is 0 Å². The fraction of sp³-hybridized carbons (Fsp3) is 0.333. The molecule has 0 amide bonds. The highest BCUT2D eigenvalue weighted by atomic mass is 16.6. The van der Waals surface area contributed by atoms with E-state index in [0.29, 0.717) is 18.3 Å². The normalized spacial score (nSPS) is 21.3. The largest absolute Gasteiger partial charge is 0.497 e. The maximum atomic E-state index is 6.75. The summed E-state index contributed by atoms with van der Waals surface area (Å²) < 4.78 is 21.1. The quantitative estimate of drug-likeness (QED) is 0.289. The molecule has 3 unspecified atom stereocenters. The lowest BCUT2D eigenvalue weighted by Gasteiger charge is -2.37. The number of nitrogens with one attached hydrogen (secondary N) is 1. The van der Waals surface area contributed by atoms with Crippen molar-refractivity contribution in [2.45, 2.75) is 51.4 Å². The molecule has 4 atom stereocenters. The number of allylic oxidation sites excluding steroid dienone is 2. The molecule has 0 spiro atoms. The average Bonchev–Trinajstić information content (AvgIpc) is 3.62. The third-order valence-electron chi connectivity index (χ3n) is 8.58. The number of methoxy groups -OCH3 is 1. The molecule has 0 fully saturated rings. The molecule has 1 aliphatic heterocycles. The molecule has 3 aromatic carbocycles. The molecule has 7 nitrogen and oxygen atoms in total. The summed E-state index contributed by atoms with van der Waals surface area (Å²) >= 11 is 0. The molecular weight excluding hydrogens is 500 g/mol. The van der Waals surface area contributed by atoms with Crippen molar-refractivity contribution in [1.29, 1.82) is 0 Å². The third-order valence-corrected chi connectivity index (χ3v) is 8.58. The SMILES string of the molecule is CCC(C)CN[C@H]1Cc2c(-n3nnc4ccccc43)cc(OCc3ccccc3)c3c2C2C1=CC=C(OC)C2O3. The molecule has 40 heavy (non-hydrogen) atoms. The fourth-order valence-electron chi connectivity index (χ4n) is 6.23. The Bertz CT molecular complexity index is 1620. The Morgan fingerprint density at radius 3 is 2.75 bits per heavy atom. The number of aromatic nitrogens is 3. The number of fused-ring (bicyclic) bond motifs is 1. The number of nitrogens with zero attached hydrogens (tertiary/aromatic N) is 3. The van der Waals surface area contributed by atoms with Gasteiger partial charge >= 0.3 is 0 Å². The zero-order chi connectivity index (χ0) is 27.2. The van der Waals surface area contributed by atoms with Crippen molar-refractivity contribution in [1.82, 2.24) is 20.3 Å². The standard InChI is InChI=1S/C33H34N4O3/c1-4-20(2)18-34-25-16-23-27(37-26-13-9-8-12-24(26)35-36-37)17-29(39-19-21-10-6-5-7-11-21)33-31(23)30-22(25)14-15-28(38-3)32(30)40-33/h5-15,17,20,25,30,32,34H,4,16,18-19H2,1-3H3/t20?,25-,30?,32?/m0/s1. The highest BCUT2D eigenvalue weighted by molar-refractivity contribution is 5.78. The second-order valence-electron chi connectivity index (χ2n) is 11.0. The highest BCUT2D eigenvalue weighted by Crippen LogP contribution is 2.57. The van der Waals surface area contributed by atoms with E-state index in [0.717, 1.165) is 53.2 Å². The van der Waals surface area contributed by atoms with Crippen LogP contribution in [0, 0.1) is 5.92 Å². The summed E-state index contributed by atoms with van der Waals surface area (Å²) in [7, 11) is 1.72. The van der Waals surface area contributed by atoms with Gasteiger partial charge in [0.25, 0.3) is 0 Å². The van der Waals surface area contributed by atoms with E-state index < -0.39 is 0 Å². The first-order valence-corrected chi connectivity index (χ1v) is 14.2. The van der Waals surface area contributed by atoms with E-state index in [9.17, 15) is 0 Å². The number of hydrogen-bond acceptors (Lipinski definition) is 6. The molecule has 2 heterocycles. The van der Waals surface area contributed by atoms with E-state index >= 15 is 0 Å². The summed E-state index contributed by atoms with van der Waals surface area (Å²) in [6.07, 6.45) is 6.05. The molecule has 0 radical (unpaired) electrons. The average molecular weight is 535 g/mol. The molecule has 3 aliphatic rings. The van der Waals surface area contributed by atoms with Crippen LogP contribution in [-0.4, -0.2) is 40.8 Å². The van der Waals surface area contributed by atoms with Crippen LogP contribution < -0.4 is 14.8 Å². The predicted molar refractivity (Wildman–Crippen MR) is 155 cm³/mol. The predicted octanol–water partition coefficient (Wildman–Crippen LogP) is 5.87. The highest BCUT2D eigenvalue weighted by Gasteiger charge is 2.50. The zero-order valence-corrected chi connectivity index (χ0v) is 23.1. The van der Waals surface area contributed by atoms with Crippen LogP contribution in [-0.2, 0) is 17.8 Å². The Morgan fingerprint density at radius 2 is 1.93 bits per heavy atom. The molecule has 1 N–H and O–H groups in total.